The fourth-order valence-electron chi connectivity index (χ4n) is 8.30. The van der Waals surface area contributed by atoms with Crippen LogP contribution in [0.4, 0.5) is 44.3 Å². The number of amides is 2. The van der Waals surface area contributed by atoms with Gasteiger partial charge >= 0.3 is 30.5 Å². The van der Waals surface area contributed by atoms with Gasteiger partial charge in [-0.1, -0.05) is 24.6 Å². The first kappa shape index (κ1) is 36.6. The van der Waals surface area contributed by atoms with Crippen LogP contribution in [0, 0.1) is 17.8 Å². The number of carboxylic acids is 1. The molecule has 51 heavy (non-hydrogen) atoms. The highest BCUT2D eigenvalue weighted by Gasteiger charge is 2.50. The molecular weight excluding hydrogens is 695 g/mol. The average molecular weight is 731 g/mol. The Balaban J connectivity index is 1.41. The highest BCUT2D eigenvalue weighted by atomic mass is 19.4. The number of benzene rings is 2. The van der Waals surface area contributed by atoms with E-state index in [1.165, 1.54) is 18.1 Å². The number of alkyl halides is 9. The minimum atomic E-state index is -5.12. The van der Waals surface area contributed by atoms with Crippen LogP contribution in [0.3, 0.4) is 0 Å². The van der Waals surface area contributed by atoms with Gasteiger partial charge in [0.05, 0.1) is 47.8 Å². The van der Waals surface area contributed by atoms with Gasteiger partial charge in [0.15, 0.2) is 0 Å². The van der Waals surface area contributed by atoms with Gasteiger partial charge in [0.2, 0.25) is 0 Å². The van der Waals surface area contributed by atoms with E-state index < -0.39 is 76.8 Å². The van der Waals surface area contributed by atoms with E-state index in [-0.39, 0.29) is 36.3 Å². The maximum Gasteiger partial charge on any atom is 0.416 e. The second-order valence-corrected chi connectivity index (χ2v) is 13.8. The van der Waals surface area contributed by atoms with Crippen molar-refractivity contribution in [3.8, 4) is 0 Å². The fraction of sp³-hybridized carbons (Fsp3) is 0.500. The summed E-state index contributed by atoms with van der Waals surface area (Å²) in [4.78, 5) is 26.3. The Morgan fingerprint density at radius 3 is 2.00 bits per heavy atom. The van der Waals surface area contributed by atoms with Crippen molar-refractivity contribution in [2.75, 3.05) is 7.11 Å². The molecule has 0 aromatic heterocycles. The van der Waals surface area contributed by atoms with Gasteiger partial charge < -0.3 is 20.1 Å². The summed E-state index contributed by atoms with van der Waals surface area (Å²) in [6.07, 6.45) is -10.3. The summed E-state index contributed by atoms with van der Waals surface area (Å²) < 4.78 is 130. The fourth-order valence-corrected chi connectivity index (χ4v) is 8.30. The Bertz CT molecular complexity index is 1740. The van der Waals surface area contributed by atoms with Crippen LogP contribution in [0.2, 0.25) is 0 Å². The molecule has 2 aromatic rings. The number of carbonyl (C=O) groups excluding carboxylic acids is 1. The van der Waals surface area contributed by atoms with E-state index in [9.17, 15) is 54.2 Å². The lowest BCUT2D eigenvalue weighted by Crippen LogP contribution is -2.32. The zero-order valence-electron chi connectivity index (χ0n) is 27.5. The van der Waals surface area contributed by atoms with Gasteiger partial charge in [0.1, 0.15) is 5.76 Å². The van der Waals surface area contributed by atoms with E-state index in [2.05, 4.69) is 5.32 Å². The number of allylic oxidation sites excluding steroid dienone is 4. The molecule has 4 atom stereocenters. The van der Waals surface area contributed by atoms with Crippen LogP contribution in [0.1, 0.15) is 97.3 Å². The molecule has 2 amide bonds. The third kappa shape index (κ3) is 7.04. The molecular formula is C36H35F9N2O4. The number of hydrogen-bond donors (Lipinski definition) is 2. The molecule has 2 aromatic carbocycles. The standard InChI is InChI=1S/C36H35F9N2O4/c1-17-11-30(51-2)27(16-25(17)18-3-5-19(6-4-18)32(48)49)24-8-7-21(34(37,38)39)15-26(24)28-9-10-29-31(46-33(50)47(28)29)20-12-22(35(40,41)42)14-23(13-20)36(43,44)45/h7-8,12-19,28-29,31H,3-6,9-11H2,1-2H3,(H,46,50)(H,48,49)/t17?,18?,19?,28-,29-,31+/m0/s1. The molecule has 6 nitrogen and oxygen atoms in total. The lowest BCUT2D eigenvalue weighted by molar-refractivity contribution is -0.144. The topological polar surface area (TPSA) is 78.9 Å². The Morgan fingerprint density at radius 2 is 1.45 bits per heavy atom. The third-order valence-corrected chi connectivity index (χ3v) is 10.8. The number of carbonyl (C=O) groups is 2. The van der Waals surface area contributed by atoms with Crippen LogP contribution in [-0.4, -0.2) is 35.2 Å². The molecule has 1 saturated carbocycles. The molecule has 2 N–H and O–H groups in total. The first-order valence-electron chi connectivity index (χ1n) is 16.6. The number of nitrogens with zero attached hydrogens (tertiary/aromatic N) is 1. The Labute approximate surface area is 287 Å². The Hall–Kier alpha value is -4.17. The van der Waals surface area contributed by atoms with Crippen molar-refractivity contribution in [3.63, 3.8) is 0 Å². The van der Waals surface area contributed by atoms with Crippen LogP contribution in [0.15, 0.2) is 53.8 Å². The van der Waals surface area contributed by atoms with Crippen molar-refractivity contribution < 1.29 is 58.9 Å². The number of rotatable bonds is 6. The molecule has 2 heterocycles. The molecule has 0 bridgehead atoms. The summed E-state index contributed by atoms with van der Waals surface area (Å²) in [7, 11) is 1.44. The van der Waals surface area contributed by atoms with Crippen molar-refractivity contribution in [2.45, 2.75) is 88.5 Å². The summed E-state index contributed by atoms with van der Waals surface area (Å²) in [6.45, 7) is 1.99. The van der Waals surface area contributed by atoms with Crippen molar-refractivity contribution in [2.24, 2.45) is 17.8 Å². The average Bonchev–Trinajstić information content (AvgIpc) is 3.64. The lowest BCUT2D eigenvalue weighted by atomic mass is 9.71. The maximum atomic E-state index is 14.1. The molecule has 2 aliphatic carbocycles. The van der Waals surface area contributed by atoms with Crippen LogP contribution in [-0.2, 0) is 28.1 Å². The lowest BCUT2D eigenvalue weighted by Gasteiger charge is -2.35. The quantitative estimate of drug-likeness (QED) is 0.290. The molecule has 0 radical (unpaired) electrons. The van der Waals surface area contributed by atoms with E-state index in [4.69, 9.17) is 4.74 Å². The van der Waals surface area contributed by atoms with Crippen LogP contribution in [0.5, 0.6) is 0 Å². The number of ether oxygens (including phenoxy) is 1. The number of urea groups is 1. The van der Waals surface area contributed by atoms with E-state index in [0.717, 1.165) is 17.7 Å². The van der Waals surface area contributed by atoms with Gasteiger partial charge in [0.25, 0.3) is 0 Å². The largest absolute Gasteiger partial charge is 0.500 e. The Kier molecular flexibility index (Phi) is 9.41. The second kappa shape index (κ2) is 13.1. The first-order valence-corrected chi connectivity index (χ1v) is 16.6. The zero-order valence-corrected chi connectivity index (χ0v) is 27.5. The van der Waals surface area contributed by atoms with Gasteiger partial charge in [-0.3, -0.25) is 4.79 Å². The molecule has 6 rings (SSSR count). The van der Waals surface area contributed by atoms with E-state index >= 15 is 0 Å². The summed E-state index contributed by atoms with van der Waals surface area (Å²) in [6, 6.07) is 0.204. The molecule has 15 heteroatoms. The summed E-state index contributed by atoms with van der Waals surface area (Å²) in [5.41, 5.74) is -2.52. The number of fused-ring (bicyclic) bond motifs is 1. The Morgan fingerprint density at radius 1 is 0.843 bits per heavy atom. The van der Waals surface area contributed by atoms with Gasteiger partial charge in [-0.05, 0) is 97.4 Å². The number of halogens is 9. The number of methoxy groups -OCH3 is 1. The molecule has 0 spiro atoms. The minimum absolute atomic E-state index is 0.00384. The number of nitrogens with one attached hydrogen (secondary N) is 1. The highest BCUT2D eigenvalue weighted by Crippen LogP contribution is 2.50. The smallest absolute Gasteiger partial charge is 0.416 e. The predicted octanol–water partition coefficient (Wildman–Crippen LogP) is 9.93. The zero-order chi connectivity index (χ0) is 37.2. The first-order chi connectivity index (χ1) is 23.8. The number of hydrogen-bond acceptors (Lipinski definition) is 3. The molecule has 4 aliphatic rings. The van der Waals surface area contributed by atoms with Crippen molar-refractivity contribution in [1.29, 1.82) is 0 Å². The van der Waals surface area contributed by atoms with Gasteiger partial charge in [-0.25, -0.2) is 4.79 Å². The molecule has 1 unspecified atom stereocenters. The molecule has 2 saturated heterocycles. The number of aliphatic carboxylic acids is 1. The summed E-state index contributed by atoms with van der Waals surface area (Å²) >= 11 is 0. The van der Waals surface area contributed by atoms with Crippen LogP contribution >= 0.6 is 0 Å². The van der Waals surface area contributed by atoms with Crippen molar-refractivity contribution in [1.82, 2.24) is 10.2 Å². The van der Waals surface area contributed by atoms with E-state index in [0.29, 0.717) is 61.1 Å². The van der Waals surface area contributed by atoms with Crippen LogP contribution in [0.25, 0.3) is 5.57 Å². The van der Waals surface area contributed by atoms with E-state index in [1.807, 2.05) is 13.0 Å². The van der Waals surface area contributed by atoms with Crippen LogP contribution < -0.4 is 5.32 Å². The van der Waals surface area contributed by atoms with Gasteiger partial charge in [0, 0.05) is 12.0 Å². The molecule has 276 valence electrons. The molecule has 2 aliphatic heterocycles. The monoisotopic (exact) mass is 730 g/mol. The SMILES string of the molecule is COC1=C(c2ccc(C(F)(F)F)cc2[C@@H]2CC[C@H]3[C@@H](c4cc(C(F)(F)F)cc(C(F)(F)F)c4)NC(=O)N23)C=C(C2CCC(C(=O)O)CC2)C(C)C1. The van der Waals surface area contributed by atoms with Gasteiger partial charge in [-0.2, -0.15) is 39.5 Å². The summed E-state index contributed by atoms with van der Waals surface area (Å²) in [5, 5.41) is 12.0. The van der Waals surface area contributed by atoms with E-state index in [1.54, 1.807) is 0 Å². The normalized spacial score (nSPS) is 27.3. The highest BCUT2D eigenvalue weighted by molar-refractivity contribution is 5.83. The maximum absolute atomic E-state index is 14.1. The molecule has 3 fully saturated rings. The number of carboxylic acid groups (broad SMARTS) is 1. The van der Waals surface area contributed by atoms with Crippen molar-refractivity contribution >= 4 is 17.6 Å². The van der Waals surface area contributed by atoms with Crippen molar-refractivity contribution in [3.05, 3.63) is 87.2 Å². The second-order valence-electron chi connectivity index (χ2n) is 13.8. The van der Waals surface area contributed by atoms with Gasteiger partial charge in [-0.15, -0.1) is 0 Å². The predicted molar refractivity (Wildman–Crippen MR) is 166 cm³/mol. The third-order valence-electron chi connectivity index (χ3n) is 10.8. The minimum Gasteiger partial charge on any atom is -0.500 e. The summed E-state index contributed by atoms with van der Waals surface area (Å²) in [5.74, 6) is -0.783.